The van der Waals surface area contributed by atoms with Crippen molar-refractivity contribution in [2.75, 3.05) is 35.8 Å². The van der Waals surface area contributed by atoms with E-state index in [0.29, 0.717) is 37.7 Å². The van der Waals surface area contributed by atoms with Gasteiger partial charge >= 0.3 is 5.97 Å². The van der Waals surface area contributed by atoms with Crippen LogP contribution in [0.2, 0.25) is 12.1 Å². The number of nitrogen functional groups attached to an aromatic ring is 1. The number of aromatic nitrogens is 2. The first-order valence-electron chi connectivity index (χ1n) is 18.1. The Morgan fingerprint density at radius 1 is 0.872 bits per heavy atom. The number of hydrogen-bond donors (Lipinski definition) is 3. The van der Waals surface area contributed by atoms with Crippen molar-refractivity contribution in [1.29, 1.82) is 0 Å². The molecule has 0 saturated heterocycles. The van der Waals surface area contributed by atoms with Gasteiger partial charge in [0.25, 0.3) is 5.56 Å². The van der Waals surface area contributed by atoms with Gasteiger partial charge < -0.3 is 20.7 Å². The zero-order chi connectivity index (χ0) is 33.3. The minimum absolute atomic E-state index is 0.0676. The van der Waals surface area contributed by atoms with E-state index in [4.69, 9.17) is 10.5 Å². The lowest BCUT2D eigenvalue weighted by Crippen LogP contribution is -2.58. The average Bonchev–Trinajstić information content (AvgIpc) is 3.49. The molecule has 0 spiro atoms. The van der Waals surface area contributed by atoms with Gasteiger partial charge in [-0.3, -0.25) is 14.6 Å². The number of rotatable bonds is 22. The molecule has 0 saturated carbocycles. The first-order valence-corrected chi connectivity index (χ1v) is 20.5. The zero-order valence-electron chi connectivity index (χ0n) is 28.8. The Bertz CT molecular complexity index is 1360. The summed E-state index contributed by atoms with van der Waals surface area (Å²) in [5.41, 5.74) is 6.11. The molecule has 8 nitrogen and oxygen atoms in total. The number of carbonyl (C=O) groups is 1. The predicted molar refractivity (Wildman–Crippen MR) is 198 cm³/mol. The van der Waals surface area contributed by atoms with Crippen LogP contribution in [0.5, 0.6) is 0 Å². The number of nitrogens with one attached hydrogen (secondary N) is 2. The van der Waals surface area contributed by atoms with Gasteiger partial charge in [-0.15, -0.1) is 0 Å². The topological polar surface area (TPSA) is 113 Å². The van der Waals surface area contributed by atoms with Crippen LogP contribution in [0.15, 0.2) is 65.5 Å². The first kappa shape index (κ1) is 36.2. The second-order valence-electron chi connectivity index (χ2n) is 13.3. The Morgan fingerprint density at radius 2 is 1.47 bits per heavy atom. The molecule has 2 aromatic carbocycles. The smallest absolute Gasteiger partial charge is 0.305 e. The van der Waals surface area contributed by atoms with Crippen LogP contribution in [0.3, 0.4) is 0 Å². The highest BCUT2D eigenvalue weighted by atomic mass is 28.3. The van der Waals surface area contributed by atoms with Gasteiger partial charge in [-0.2, -0.15) is 4.98 Å². The van der Waals surface area contributed by atoms with Crippen molar-refractivity contribution in [3.8, 4) is 0 Å². The van der Waals surface area contributed by atoms with E-state index in [0.717, 1.165) is 31.7 Å². The lowest BCUT2D eigenvalue weighted by atomic mass is 10.1. The standard InChI is InChI=1S/C38H57N5O3Si/c1-3-5-7-8-9-10-11-12-19-24-34(44)46-29-31(28-43-30-40-35-36(43)41-38(39)42-37(35)45)25-27-47(26-6-4-2,32-20-15-13-16-21-32)33-22-17-14-18-23-33/h13-18,20-23,31,40H,3-12,19,24-30H2,1-2H3,(H3,39,41,42,45). The fourth-order valence-electron chi connectivity index (χ4n) is 6.98. The molecule has 0 bridgehead atoms. The fourth-order valence-corrected chi connectivity index (χ4v) is 12.2. The van der Waals surface area contributed by atoms with E-state index in [2.05, 4.69) is 94.7 Å². The van der Waals surface area contributed by atoms with Crippen LogP contribution >= 0.6 is 0 Å². The summed E-state index contributed by atoms with van der Waals surface area (Å²) in [7, 11) is -2.14. The molecule has 1 aromatic heterocycles. The normalized spacial score (nSPS) is 13.3. The van der Waals surface area contributed by atoms with E-state index in [1.807, 2.05) is 0 Å². The van der Waals surface area contributed by atoms with Gasteiger partial charge in [0.1, 0.15) is 13.8 Å². The number of carbonyl (C=O) groups excluding carboxylic acids is 1. The Morgan fingerprint density at radius 3 is 2.09 bits per heavy atom. The van der Waals surface area contributed by atoms with Crippen LogP contribution in [-0.2, 0) is 9.53 Å². The molecule has 3 aromatic rings. The summed E-state index contributed by atoms with van der Waals surface area (Å²) in [5.74, 6) is 0.624. The Hall–Kier alpha value is -3.59. The molecule has 4 rings (SSSR count). The Labute approximate surface area is 282 Å². The lowest BCUT2D eigenvalue weighted by Gasteiger charge is -2.35. The lowest BCUT2D eigenvalue weighted by molar-refractivity contribution is -0.145. The van der Waals surface area contributed by atoms with Crippen molar-refractivity contribution in [1.82, 2.24) is 9.97 Å². The van der Waals surface area contributed by atoms with Crippen molar-refractivity contribution >= 4 is 41.9 Å². The van der Waals surface area contributed by atoms with Crippen molar-refractivity contribution in [3.05, 3.63) is 71.0 Å². The summed E-state index contributed by atoms with van der Waals surface area (Å²) in [6.07, 6.45) is 14.6. The molecule has 256 valence electrons. The number of unbranched alkanes of at least 4 members (excludes halogenated alkanes) is 9. The van der Waals surface area contributed by atoms with E-state index >= 15 is 0 Å². The highest BCUT2D eigenvalue weighted by Gasteiger charge is 2.37. The number of fused-ring (bicyclic) bond motifs is 1. The van der Waals surface area contributed by atoms with Crippen LogP contribution < -0.4 is 31.9 Å². The van der Waals surface area contributed by atoms with Gasteiger partial charge in [0.05, 0.1) is 13.3 Å². The molecule has 47 heavy (non-hydrogen) atoms. The quantitative estimate of drug-likeness (QED) is 0.0601. The summed E-state index contributed by atoms with van der Waals surface area (Å²) in [6, 6.07) is 24.3. The van der Waals surface area contributed by atoms with E-state index in [9.17, 15) is 9.59 Å². The molecule has 2 heterocycles. The van der Waals surface area contributed by atoms with E-state index in [1.165, 1.54) is 67.8 Å². The molecule has 0 aliphatic carbocycles. The number of benzene rings is 2. The van der Waals surface area contributed by atoms with Gasteiger partial charge in [0.15, 0.2) is 5.82 Å². The molecule has 9 heteroatoms. The van der Waals surface area contributed by atoms with Crippen LogP contribution in [0, 0.1) is 5.92 Å². The maximum atomic E-state index is 13.0. The van der Waals surface area contributed by atoms with Gasteiger partial charge in [0.2, 0.25) is 5.95 Å². The molecular formula is C38H57N5O3Si. The van der Waals surface area contributed by atoms with Crippen molar-refractivity contribution in [2.45, 2.75) is 109 Å². The number of H-pyrrole nitrogens is 1. The highest BCUT2D eigenvalue weighted by Crippen LogP contribution is 2.30. The summed E-state index contributed by atoms with van der Waals surface area (Å²) < 4.78 is 6.00. The number of hydrogen-bond acceptors (Lipinski definition) is 7. The number of ether oxygens (including phenoxy) is 1. The molecule has 4 N–H and O–H groups in total. The van der Waals surface area contributed by atoms with Crippen LogP contribution in [0.4, 0.5) is 17.5 Å². The largest absolute Gasteiger partial charge is 0.465 e. The van der Waals surface area contributed by atoms with Crippen LogP contribution in [0.1, 0.15) is 97.3 Å². The van der Waals surface area contributed by atoms with Gasteiger partial charge in [-0.1, -0.05) is 149 Å². The number of nitrogens with two attached hydrogens (primary N) is 1. The first-order chi connectivity index (χ1) is 23.0. The maximum Gasteiger partial charge on any atom is 0.305 e. The molecule has 1 atom stereocenters. The number of esters is 1. The van der Waals surface area contributed by atoms with Crippen molar-refractivity contribution in [2.24, 2.45) is 5.92 Å². The molecule has 1 unspecified atom stereocenters. The molecular weight excluding hydrogens is 603 g/mol. The number of aromatic amines is 1. The van der Waals surface area contributed by atoms with Gasteiger partial charge in [-0.05, 0) is 24.9 Å². The molecule has 1 aliphatic heterocycles. The number of anilines is 3. The second kappa shape index (κ2) is 19.3. The van der Waals surface area contributed by atoms with Crippen LogP contribution in [-0.4, -0.2) is 43.8 Å². The Kier molecular flexibility index (Phi) is 14.9. The summed E-state index contributed by atoms with van der Waals surface area (Å²) >= 11 is 0. The SMILES string of the molecule is CCCCCCCCCCCC(=O)OCC(CC[Si](CCCC)(c1ccccc1)c1ccccc1)CN1CNc2c1nc(N)[nH]c2=O. The molecule has 0 amide bonds. The minimum Gasteiger partial charge on any atom is -0.465 e. The molecule has 0 radical (unpaired) electrons. The highest BCUT2D eigenvalue weighted by molar-refractivity contribution is 7.02. The monoisotopic (exact) mass is 659 g/mol. The third-order valence-electron chi connectivity index (χ3n) is 9.70. The van der Waals surface area contributed by atoms with Crippen LogP contribution in [0.25, 0.3) is 0 Å². The maximum absolute atomic E-state index is 13.0. The third kappa shape index (κ3) is 10.7. The summed E-state index contributed by atoms with van der Waals surface area (Å²) in [5, 5.41) is 6.10. The minimum atomic E-state index is -2.14. The van der Waals surface area contributed by atoms with E-state index in [1.54, 1.807) is 0 Å². The fraction of sp³-hybridized carbons (Fsp3) is 0.553. The number of nitrogens with zero attached hydrogens (tertiary/aromatic N) is 2. The molecule has 0 fully saturated rings. The Balaban J connectivity index is 1.46. The molecule has 1 aliphatic rings. The van der Waals surface area contributed by atoms with Crippen molar-refractivity contribution in [3.63, 3.8) is 0 Å². The average molecular weight is 660 g/mol. The van der Waals surface area contributed by atoms with Gasteiger partial charge in [0, 0.05) is 18.9 Å². The zero-order valence-corrected chi connectivity index (χ0v) is 29.8. The van der Waals surface area contributed by atoms with E-state index in [-0.39, 0.29) is 23.4 Å². The summed E-state index contributed by atoms with van der Waals surface area (Å²) in [4.78, 5) is 34.6. The predicted octanol–water partition coefficient (Wildman–Crippen LogP) is 7.08. The third-order valence-corrected chi connectivity index (χ3v) is 14.9. The summed E-state index contributed by atoms with van der Waals surface area (Å²) in [6.45, 7) is 5.94. The van der Waals surface area contributed by atoms with Gasteiger partial charge in [-0.25, -0.2) is 0 Å². The second-order valence-corrected chi connectivity index (χ2v) is 17.6. The van der Waals surface area contributed by atoms with E-state index < -0.39 is 8.07 Å². The van der Waals surface area contributed by atoms with Crippen molar-refractivity contribution < 1.29 is 9.53 Å².